The van der Waals surface area contributed by atoms with Gasteiger partial charge >= 0.3 is 5.97 Å². The van der Waals surface area contributed by atoms with Gasteiger partial charge in [0.2, 0.25) is 0 Å². The average Bonchev–Trinajstić information content (AvgIpc) is 2.71. The zero-order valence-corrected chi connectivity index (χ0v) is 17.8. The number of halogens is 1. The van der Waals surface area contributed by atoms with E-state index in [0.29, 0.717) is 24.6 Å². The molecule has 6 nitrogen and oxygen atoms in total. The molecule has 0 spiro atoms. The molecular formula is C20H26IN3O3. The maximum Gasteiger partial charge on any atom is 0.337 e. The Labute approximate surface area is 177 Å². The maximum atomic E-state index is 11.4. The molecule has 0 aliphatic heterocycles. The van der Waals surface area contributed by atoms with Gasteiger partial charge in [-0.05, 0) is 23.3 Å². The summed E-state index contributed by atoms with van der Waals surface area (Å²) < 4.78 is 4.69. The van der Waals surface area contributed by atoms with E-state index in [2.05, 4.69) is 20.4 Å². The van der Waals surface area contributed by atoms with Crippen LogP contribution in [-0.4, -0.2) is 44.3 Å². The van der Waals surface area contributed by atoms with Crippen LogP contribution in [0.1, 0.15) is 27.4 Å². The number of ether oxygens (including phenoxy) is 1. The van der Waals surface area contributed by atoms with Gasteiger partial charge in [-0.3, -0.25) is 4.99 Å². The predicted molar refractivity (Wildman–Crippen MR) is 118 cm³/mol. The van der Waals surface area contributed by atoms with Crippen LogP contribution in [0.2, 0.25) is 0 Å². The lowest BCUT2D eigenvalue weighted by Gasteiger charge is -2.18. The summed E-state index contributed by atoms with van der Waals surface area (Å²) >= 11 is 0. The first-order valence-corrected chi connectivity index (χ1v) is 8.45. The van der Waals surface area contributed by atoms with E-state index < -0.39 is 0 Å². The Morgan fingerprint density at radius 3 is 2.33 bits per heavy atom. The Hall–Kier alpha value is -2.13. The van der Waals surface area contributed by atoms with Crippen molar-refractivity contribution in [1.82, 2.24) is 10.6 Å². The van der Waals surface area contributed by atoms with Gasteiger partial charge in [0.15, 0.2) is 5.96 Å². The molecule has 0 aromatic heterocycles. The van der Waals surface area contributed by atoms with Crippen molar-refractivity contribution in [2.24, 2.45) is 4.99 Å². The van der Waals surface area contributed by atoms with Crippen molar-refractivity contribution in [3.05, 3.63) is 71.3 Å². The molecule has 146 valence electrons. The quantitative estimate of drug-likeness (QED) is 0.244. The summed E-state index contributed by atoms with van der Waals surface area (Å²) in [7, 11) is 3.06. The van der Waals surface area contributed by atoms with Gasteiger partial charge in [-0.15, -0.1) is 24.0 Å². The first kappa shape index (κ1) is 22.9. The highest BCUT2D eigenvalue weighted by Crippen LogP contribution is 2.13. The lowest BCUT2D eigenvalue weighted by molar-refractivity contribution is 0.0600. The minimum absolute atomic E-state index is 0. The predicted octanol–water partition coefficient (Wildman–Crippen LogP) is 2.53. The monoisotopic (exact) mass is 483 g/mol. The number of methoxy groups -OCH3 is 1. The fourth-order valence-corrected chi connectivity index (χ4v) is 2.52. The number of aliphatic hydroxyl groups excluding tert-OH is 1. The van der Waals surface area contributed by atoms with Crippen LogP contribution < -0.4 is 10.6 Å². The van der Waals surface area contributed by atoms with Gasteiger partial charge in [0, 0.05) is 26.1 Å². The van der Waals surface area contributed by atoms with Crippen LogP contribution >= 0.6 is 24.0 Å². The zero-order chi connectivity index (χ0) is 18.8. The second kappa shape index (κ2) is 12.3. The number of aliphatic imine (C=N–C) groups is 1. The molecule has 0 bridgehead atoms. The van der Waals surface area contributed by atoms with Crippen molar-refractivity contribution in [1.29, 1.82) is 0 Å². The largest absolute Gasteiger partial charge is 0.465 e. The van der Waals surface area contributed by atoms with Gasteiger partial charge in [0.25, 0.3) is 0 Å². The van der Waals surface area contributed by atoms with E-state index in [1.54, 1.807) is 19.2 Å². The highest BCUT2D eigenvalue weighted by atomic mass is 127. The first-order chi connectivity index (χ1) is 12.7. The Morgan fingerprint density at radius 1 is 1.11 bits per heavy atom. The lowest BCUT2D eigenvalue weighted by Crippen LogP contribution is -2.39. The summed E-state index contributed by atoms with van der Waals surface area (Å²) in [5.74, 6) is 0.295. The molecule has 0 aliphatic carbocycles. The molecule has 0 amide bonds. The maximum absolute atomic E-state index is 11.4. The normalized spacial score (nSPS) is 11.9. The van der Waals surface area contributed by atoms with Gasteiger partial charge in [-0.25, -0.2) is 4.79 Å². The van der Waals surface area contributed by atoms with Crippen molar-refractivity contribution in [3.63, 3.8) is 0 Å². The third kappa shape index (κ3) is 7.18. The van der Waals surface area contributed by atoms with Crippen LogP contribution in [0.25, 0.3) is 0 Å². The van der Waals surface area contributed by atoms with Crippen LogP contribution in [0.5, 0.6) is 0 Å². The molecule has 3 N–H and O–H groups in total. The van der Waals surface area contributed by atoms with Crippen LogP contribution in [0.3, 0.4) is 0 Å². The fraction of sp³-hybridized carbons (Fsp3) is 0.300. The van der Waals surface area contributed by atoms with Crippen molar-refractivity contribution in [3.8, 4) is 0 Å². The highest BCUT2D eigenvalue weighted by Gasteiger charge is 2.11. The lowest BCUT2D eigenvalue weighted by atomic mass is 10.0. The Bertz CT molecular complexity index is 721. The molecule has 2 aromatic rings. The number of hydrogen-bond acceptors (Lipinski definition) is 4. The van der Waals surface area contributed by atoms with E-state index in [4.69, 9.17) is 0 Å². The average molecular weight is 483 g/mol. The topological polar surface area (TPSA) is 83.0 Å². The van der Waals surface area contributed by atoms with Crippen molar-refractivity contribution in [2.45, 2.75) is 12.5 Å². The van der Waals surface area contributed by atoms with Crippen LogP contribution in [0.15, 0.2) is 59.6 Å². The Balaban J connectivity index is 0.00000364. The molecule has 1 atom stereocenters. The van der Waals surface area contributed by atoms with E-state index >= 15 is 0 Å². The third-order valence-corrected chi connectivity index (χ3v) is 4.07. The van der Waals surface area contributed by atoms with E-state index in [1.165, 1.54) is 7.11 Å². The van der Waals surface area contributed by atoms with Crippen molar-refractivity contribution in [2.75, 3.05) is 27.3 Å². The van der Waals surface area contributed by atoms with Crippen molar-refractivity contribution >= 4 is 35.9 Å². The minimum Gasteiger partial charge on any atom is -0.465 e. The summed E-state index contributed by atoms with van der Waals surface area (Å²) in [4.78, 5) is 15.6. The molecular weight excluding hydrogens is 457 g/mol. The van der Waals surface area contributed by atoms with Gasteiger partial charge in [0.05, 0.1) is 19.3 Å². The fourth-order valence-electron chi connectivity index (χ4n) is 2.52. The van der Waals surface area contributed by atoms with Crippen LogP contribution in [0.4, 0.5) is 0 Å². The van der Waals surface area contributed by atoms with E-state index in [0.717, 1.165) is 11.1 Å². The Morgan fingerprint density at radius 2 is 1.78 bits per heavy atom. The first-order valence-electron chi connectivity index (χ1n) is 8.45. The Kier molecular flexibility index (Phi) is 10.4. The second-order valence-electron chi connectivity index (χ2n) is 5.79. The highest BCUT2D eigenvalue weighted by molar-refractivity contribution is 14.0. The van der Waals surface area contributed by atoms with Gasteiger partial charge in [-0.1, -0.05) is 42.5 Å². The van der Waals surface area contributed by atoms with Crippen molar-refractivity contribution < 1.29 is 14.6 Å². The summed E-state index contributed by atoms with van der Waals surface area (Å²) in [5.41, 5.74) is 2.62. The summed E-state index contributed by atoms with van der Waals surface area (Å²) in [6, 6.07) is 17.1. The van der Waals surface area contributed by atoms with Crippen LogP contribution in [-0.2, 0) is 11.3 Å². The van der Waals surface area contributed by atoms with Gasteiger partial charge in [0.1, 0.15) is 0 Å². The SMILES string of the molecule is CN=C(NCc1ccc(C(=O)OC)cc1)NCC(CO)c1ccccc1.I. The summed E-state index contributed by atoms with van der Waals surface area (Å²) in [6.07, 6.45) is 0. The molecule has 1 unspecified atom stereocenters. The number of benzene rings is 2. The number of nitrogens with zero attached hydrogens (tertiary/aromatic N) is 1. The summed E-state index contributed by atoms with van der Waals surface area (Å²) in [6.45, 7) is 1.20. The number of guanidine groups is 1. The molecule has 0 saturated heterocycles. The van der Waals surface area contributed by atoms with E-state index in [9.17, 15) is 9.90 Å². The van der Waals surface area contributed by atoms with E-state index in [1.807, 2.05) is 42.5 Å². The molecule has 0 heterocycles. The molecule has 2 aromatic carbocycles. The number of hydrogen-bond donors (Lipinski definition) is 3. The van der Waals surface area contributed by atoms with Gasteiger partial charge in [-0.2, -0.15) is 0 Å². The molecule has 0 saturated carbocycles. The number of carbonyl (C=O) groups is 1. The molecule has 0 radical (unpaired) electrons. The molecule has 0 fully saturated rings. The third-order valence-electron chi connectivity index (χ3n) is 4.07. The number of nitrogens with one attached hydrogen (secondary N) is 2. The summed E-state index contributed by atoms with van der Waals surface area (Å²) in [5, 5.41) is 16.1. The van der Waals surface area contributed by atoms with Gasteiger partial charge < -0.3 is 20.5 Å². The van der Waals surface area contributed by atoms with E-state index in [-0.39, 0.29) is 42.5 Å². The number of esters is 1. The number of aliphatic hydroxyl groups is 1. The molecule has 2 rings (SSSR count). The number of carbonyl (C=O) groups excluding carboxylic acids is 1. The molecule has 27 heavy (non-hydrogen) atoms. The number of rotatable bonds is 7. The second-order valence-corrected chi connectivity index (χ2v) is 5.79. The smallest absolute Gasteiger partial charge is 0.337 e. The van der Waals surface area contributed by atoms with Crippen LogP contribution in [0, 0.1) is 0 Å². The molecule has 0 aliphatic rings. The standard InChI is InChI=1S/C20H25N3O3.HI/c1-21-20(23-13-18(14-24)16-6-4-3-5-7-16)22-12-15-8-10-17(11-9-15)19(25)26-2;/h3-11,18,24H,12-14H2,1-2H3,(H2,21,22,23);1H. The minimum atomic E-state index is -0.349. The zero-order valence-electron chi connectivity index (χ0n) is 15.5. The molecule has 7 heteroatoms.